The van der Waals surface area contributed by atoms with Crippen molar-refractivity contribution in [1.29, 1.82) is 0 Å². The maximum atomic E-state index is 13.6. The van der Waals surface area contributed by atoms with E-state index in [1.165, 1.54) is 19.9 Å². The zero-order chi connectivity index (χ0) is 18.4. The van der Waals surface area contributed by atoms with Gasteiger partial charge in [-0.3, -0.25) is 9.59 Å². The van der Waals surface area contributed by atoms with Crippen molar-refractivity contribution in [3.8, 4) is 0 Å². The van der Waals surface area contributed by atoms with E-state index >= 15 is 0 Å². The van der Waals surface area contributed by atoms with Crippen LogP contribution in [0.15, 0.2) is 48.5 Å². The summed E-state index contributed by atoms with van der Waals surface area (Å²) >= 11 is 0. The summed E-state index contributed by atoms with van der Waals surface area (Å²) < 4.78 is 18.7. The molecular formula is C18H17FN2O4. The first-order valence-corrected chi connectivity index (χ1v) is 7.51. The number of para-hydroxylation sites is 1. The Hall–Kier alpha value is -3.22. The maximum Gasteiger partial charge on any atom is 0.338 e. The molecule has 2 aromatic rings. The fourth-order valence-corrected chi connectivity index (χ4v) is 1.99. The van der Waals surface area contributed by atoms with Crippen molar-refractivity contribution in [1.82, 2.24) is 0 Å². The minimum Gasteiger partial charge on any atom is -0.449 e. The van der Waals surface area contributed by atoms with Crippen LogP contribution in [0.2, 0.25) is 0 Å². The predicted molar refractivity (Wildman–Crippen MR) is 90.7 cm³/mol. The average Bonchev–Trinajstić information content (AvgIpc) is 2.57. The monoisotopic (exact) mass is 344 g/mol. The summed E-state index contributed by atoms with van der Waals surface area (Å²) in [6.45, 7) is 2.65. The molecule has 0 radical (unpaired) electrons. The van der Waals surface area contributed by atoms with E-state index in [0.717, 1.165) is 12.1 Å². The Morgan fingerprint density at radius 3 is 2.36 bits per heavy atom. The highest BCUT2D eigenvalue weighted by Crippen LogP contribution is 2.17. The topological polar surface area (TPSA) is 84.5 Å². The van der Waals surface area contributed by atoms with Crippen molar-refractivity contribution in [2.45, 2.75) is 20.0 Å². The van der Waals surface area contributed by atoms with Crippen LogP contribution in [-0.4, -0.2) is 23.9 Å². The molecule has 0 aliphatic carbocycles. The second-order valence-electron chi connectivity index (χ2n) is 5.28. The largest absolute Gasteiger partial charge is 0.449 e. The number of hydrogen-bond acceptors (Lipinski definition) is 4. The molecule has 0 fully saturated rings. The smallest absolute Gasteiger partial charge is 0.338 e. The number of halogens is 1. The molecule has 2 N–H and O–H groups in total. The highest BCUT2D eigenvalue weighted by atomic mass is 19.1. The maximum absolute atomic E-state index is 13.6. The van der Waals surface area contributed by atoms with Gasteiger partial charge in [0.25, 0.3) is 5.91 Å². The summed E-state index contributed by atoms with van der Waals surface area (Å²) in [6, 6.07) is 12.1. The third-order valence-electron chi connectivity index (χ3n) is 3.21. The summed E-state index contributed by atoms with van der Waals surface area (Å²) in [7, 11) is 0. The van der Waals surface area contributed by atoms with Gasteiger partial charge in [0.15, 0.2) is 6.10 Å². The number of esters is 1. The van der Waals surface area contributed by atoms with Crippen LogP contribution in [0.3, 0.4) is 0 Å². The van der Waals surface area contributed by atoms with E-state index in [9.17, 15) is 18.8 Å². The predicted octanol–water partition coefficient (Wildman–Crippen LogP) is 2.97. The van der Waals surface area contributed by atoms with Crippen LogP contribution >= 0.6 is 0 Å². The summed E-state index contributed by atoms with van der Waals surface area (Å²) in [5.74, 6) is -2.45. The van der Waals surface area contributed by atoms with Gasteiger partial charge in [0.1, 0.15) is 5.82 Å². The first kappa shape index (κ1) is 18.1. The minimum atomic E-state index is -1.05. The van der Waals surface area contributed by atoms with Gasteiger partial charge in [-0.25, -0.2) is 9.18 Å². The lowest BCUT2D eigenvalue weighted by atomic mass is 10.2. The van der Waals surface area contributed by atoms with Crippen LogP contribution in [0.1, 0.15) is 24.2 Å². The van der Waals surface area contributed by atoms with Crippen LogP contribution in [0, 0.1) is 5.82 Å². The Morgan fingerprint density at radius 1 is 1.04 bits per heavy atom. The number of carbonyl (C=O) groups is 3. The van der Waals surface area contributed by atoms with Gasteiger partial charge in [0, 0.05) is 12.6 Å². The zero-order valence-electron chi connectivity index (χ0n) is 13.7. The molecule has 0 heterocycles. The van der Waals surface area contributed by atoms with Crippen molar-refractivity contribution >= 4 is 29.2 Å². The molecule has 0 saturated carbocycles. The van der Waals surface area contributed by atoms with E-state index in [-0.39, 0.29) is 11.3 Å². The fourth-order valence-electron chi connectivity index (χ4n) is 1.99. The van der Waals surface area contributed by atoms with Gasteiger partial charge < -0.3 is 15.4 Å². The molecule has 25 heavy (non-hydrogen) atoms. The molecule has 0 aliphatic rings. The van der Waals surface area contributed by atoms with Gasteiger partial charge in [0.2, 0.25) is 5.91 Å². The molecular weight excluding hydrogens is 327 g/mol. The first-order chi connectivity index (χ1) is 11.9. The molecule has 0 bridgehead atoms. The van der Waals surface area contributed by atoms with Crippen LogP contribution in [0.25, 0.3) is 0 Å². The van der Waals surface area contributed by atoms with Crippen molar-refractivity contribution < 1.29 is 23.5 Å². The molecule has 1 atom stereocenters. The van der Waals surface area contributed by atoms with Crippen LogP contribution in [0.5, 0.6) is 0 Å². The van der Waals surface area contributed by atoms with Gasteiger partial charge in [-0.2, -0.15) is 0 Å². The lowest BCUT2D eigenvalue weighted by Gasteiger charge is -2.14. The number of hydrogen-bond donors (Lipinski definition) is 2. The normalized spacial score (nSPS) is 11.3. The highest BCUT2D eigenvalue weighted by Gasteiger charge is 2.20. The van der Waals surface area contributed by atoms with E-state index in [0.29, 0.717) is 5.69 Å². The van der Waals surface area contributed by atoms with E-state index in [1.807, 2.05) is 0 Å². The van der Waals surface area contributed by atoms with Crippen LogP contribution < -0.4 is 10.6 Å². The minimum absolute atomic E-state index is 0.0181. The van der Waals surface area contributed by atoms with Gasteiger partial charge >= 0.3 is 5.97 Å². The molecule has 0 aliphatic heterocycles. The average molecular weight is 344 g/mol. The third kappa shape index (κ3) is 5.13. The second-order valence-corrected chi connectivity index (χ2v) is 5.28. The van der Waals surface area contributed by atoms with Gasteiger partial charge in [-0.15, -0.1) is 0 Å². The molecule has 0 spiro atoms. The molecule has 0 saturated heterocycles. The number of amides is 2. The molecule has 2 amide bonds. The second kappa shape index (κ2) is 8.05. The van der Waals surface area contributed by atoms with Crippen molar-refractivity contribution in [3.05, 3.63) is 59.9 Å². The quantitative estimate of drug-likeness (QED) is 0.817. The number of carbonyl (C=O) groups excluding carboxylic acids is 3. The molecule has 1 unspecified atom stereocenters. The molecule has 6 nitrogen and oxygen atoms in total. The van der Waals surface area contributed by atoms with E-state index in [2.05, 4.69) is 10.6 Å². The molecule has 2 aromatic carbocycles. The van der Waals surface area contributed by atoms with Crippen molar-refractivity contribution in [2.24, 2.45) is 0 Å². The number of anilines is 2. The van der Waals surface area contributed by atoms with E-state index < -0.39 is 29.7 Å². The summed E-state index contributed by atoms with van der Waals surface area (Å²) in [5.41, 5.74) is 0.456. The van der Waals surface area contributed by atoms with Gasteiger partial charge in [0.05, 0.1) is 11.3 Å². The standard InChI is InChI=1S/C18H17FN2O4/c1-11(17(23)21-14-6-4-3-5-7-14)25-18(24)13-8-9-15(19)16(10-13)20-12(2)22/h3-11H,1-2H3,(H,20,22)(H,21,23). The summed E-state index contributed by atoms with van der Waals surface area (Å²) in [6.07, 6.45) is -1.05. The first-order valence-electron chi connectivity index (χ1n) is 7.51. The third-order valence-corrected chi connectivity index (χ3v) is 3.21. The zero-order valence-corrected chi connectivity index (χ0v) is 13.7. The van der Waals surface area contributed by atoms with Crippen LogP contribution in [-0.2, 0) is 14.3 Å². The number of rotatable bonds is 5. The Morgan fingerprint density at radius 2 is 1.72 bits per heavy atom. The Bertz CT molecular complexity index is 793. The lowest BCUT2D eigenvalue weighted by molar-refractivity contribution is -0.123. The van der Waals surface area contributed by atoms with E-state index in [1.54, 1.807) is 30.3 Å². The summed E-state index contributed by atoms with van der Waals surface area (Å²) in [5, 5.41) is 4.89. The molecule has 7 heteroatoms. The van der Waals surface area contributed by atoms with E-state index in [4.69, 9.17) is 4.74 Å². The summed E-state index contributed by atoms with van der Waals surface area (Å²) in [4.78, 5) is 35.2. The number of ether oxygens (including phenoxy) is 1. The van der Waals surface area contributed by atoms with Gasteiger partial charge in [-0.1, -0.05) is 18.2 Å². The van der Waals surface area contributed by atoms with Gasteiger partial charge in [-0.05, 0) is 37.3 Å². The van der Waals surface area contributed by atoms with Crippen molar-refractivity contribution in [3.63, 3.8) is 0 Å². The Balaban J connectivity index is 2.03. The number of nitrogens with one attached hydrogen (secondary N) is 2. The van der Waals surface area contributed by atoms with Crippen molar-refractivity contribution in [2.75, 3.05) is 10.6 Å². The lowest BCUT2D eigenvalue weighted by Crippen LogP contribution is -2.30. The number of benzene rings is 2. The Labute approximate surface area is 144 Å². The molecule has 130 valence electrons. The molecule has 0 aromatic heterocycles. The molecule has 2 rings (SSSR count). The Kier molecular flexibility index (Phi) is 5.84. The fraction of sp³-hybridized carbons (Fsp3) is 0.167. The highest BCUT2D eigenvalue weighted by molar-refractivity contribution is 5.98. The van der Waals surface area contributed by atoms with Crippen LogP contribution in [0.4, 0.5) is 15.8 Å². The SMILES string of the molecule is CC(=O)Nc1cc(C(=O)OC(C)C(=O)Nc2ccccc2)ccc1F.